The van der Waals surface area contributed by atoms with Crippen molar-refractivity contribution in [2.45, 2.75) is 45.3 Å². The van der Waals surface area contributed by atoms with E-state index in [4.69, 9.17) is 0 Å². The van der Waals surface area contributed by atoms with E-state index in [1.807, 2.05) is 0 Å². The van der Waals surface area contributed by atoms with Gasteiger partial charge in [0.15, 0.2) is 0 Å². The predicted octanol–water partition coefficient (Wildman–Crippen LogP) is -0.252. The van der Waals surface area contributed by atoms with Crippen molar-refractivity contribution in [1.29, 1.82) is 0 Å². The Morgan fingerprint density at radius 2 is 2.14 bits per heavy atom. The van der Waals surface area contributed by atoms with E-state index in [9.17, 15) is 9.90 Å². The molecule has 0 aliphatic rings. The van der Waals surface area contributed by atoms with Crippen LogP contribution in [0.5, 0.6) is 0 Å². The lowest BCUT2D eigenvalue weighted by molar-refractivity contribution is -0.623. The fraction of sp³-hybridized carbons (Fsp3) is 0.875. The van der Waals surface area contributed by atoms with Gasteiger partial charge in [-0.25, -0.2) is 0 Å². The van der Waals surface area contributed by atoms with Gasteiger partial charge in [-0.3, -0.25) is 0 Å². The number of carbonyl (C=O) groups excluding carboxylic acids is 1. The molecular formula is C8H17NO5. The Labute approximate surface area is 82.8 Å². The van der Waals surface area contributed by atoms with Crippen molar-refractivity contribution in [3.8, 4) is 0 Å². The van der Waals surface area contributed by atoms with Gasteiger partial charge in [0.05, 0.1) is 0 Å². The monoisotopic (exact) mass is 207 g/mol. The largest absolute Gasteiger partial charge is 0.424 e. The smallest absolute Gasteiger partial charge is 0.281 e. The molecule has 0 aliphatic carbocycles. The van der Waals surface area contributed by atoms with Gasteiger partial charge in [0.25, 0.3) is 6.16 Å². The second kappa shape index (κ2) is 8.74. The lowest BCUT2D eigenvalue weighted by Crippen LogP contribution is -2.62. The fourth-order valence-corrected chi connectivity index (χ4v) is 0.950. The molecule has 0 spiro atoms. The van der Waals surface area contributed by atoms with Gasteiger partial charge in [0, 0.05) is 6.42 Å². The molecule has 0 aromatic heterocycles. The second-order valence-corrected chi connectivity index (χ2v) is 2.97. The molecule has 0 aliphatic heterocycles. The van der Waals surface area contributed by atoms with Crippen molar-refractivity contribution < 1.29 is 30.4 Å². The molecule has 0 aromatic rings. The standard InChI is InChI=1S/C8H17NO5/c1-2-3-4-5-6-7(9)12-14-13-8(10)11/h7H,2-6,9H2,1H3,(H,10,11). The summed E-state index contributed by atoms with van der Waals surface area (Å²) >= 11 is 0. The quantitative estimate of drug-likeness (QED) is 0.256. The lowest BCUT2D eigenvalue weighted by Gasteiger charge is -2.09. The Hall–Kier alpha value is -0.850. The molecule has 0 amide bonds. The summed E-state index contributed by atoms with van der Waals surface area (Å²) in [5.74, 6) is 0. The molecule has 1 unspecified atom stereocenters. The molecule has 0 rings (SSSR count). The highest BCUT2D eigenvalue weighted by Crippen LogP contribution is 2.04. The van der Waals surface area contributed by atoms with Crippen molar-refractivity contribution in [1.82, 2.24) is 0 Å². The summed E-state index contributed by atoms with van der Waals surface area (Å²) in [6.07, 6.45) is 2.89. The second-order valence-electron chi connectivity index (χ2n) is 2.97. The first-order valence-corrected chi connectivity index (χ1v) is 4.71. The summed E-state index contributed by atoms with van der Waals surface area (Å²) < 4.78 is 0. The molecule has 1 atom stereocenters. The average Bonchev–Trinajstić information content (AvgIpc) is 2.12. The van der Waals surface area contributed by atoms with Crippen LogP contribution >= 0.6 is 0 Å². The van der Waals surface area contributed by atoms with E-state index in [2.05, 4.69) is 27.5 Å². The minimum absolute atomic E-state index is 0.425. The van der Waals surface area contributed by atoms with E-state index in [1.54, 1.807) is 0 Å². The number of hydrogen-bond acceptors (Lipinski definition) is 5. The minimum Gasteiger partial charge on any atom is -0.424 e. The van der Waals surface area contributed by atoms with Crippen LogP contribution in [0, 0.1) is 0 Å². The Morgan fingerprint density at radius 1 is 1.43 bits per heavy atom. The zero-order valence-electron chi connectivity index (χ0n) is 8.36. The zero-order chi connectivity index (χ0) is 10.8. The van der Waals surface area contributed by atoms with Gasteiger partial charge in [-0.05, 0) is 6.42 Å². The Kier molecular flexibility index (Phi) is 8.20. The van der Waals surface area contributed by atoms with Gasteiger partial charge in [0.1, 0.15) is 0 Å². The van der Waals surface area contributed by atoms with E-state index >= 15 is 0 Å². The number of carboxylic acid groups (broad SMARTS) is 1. The first-order chi connectivity index (χ1) is 6.66. The summed E-state index contributed by atoms with van der Waals surface area (Å²) in [7, 11) is 0. The number of carbonyl (C=O) groups is 1. The molecule has 0 radical (unpaired) electrons. The van der Waals surface area contributed by atoms with Gasteiger partial charge < -0.3 is 20.5 Å². The molecule has 0 fully saturated rings. The maximum Gasteiger partial charge on any atom is 0.281 e. The van der Waals surface area contributed by atoms with Crippen LogP contribution in [-0.2, 0) is 14.8 Å². The lowest BCUT2D eigenvalue weighted by atomic mass is 10.1. The molecule has 84 valence electrons. The van der Waals surface area contributed by atoms with Crippen molar-refractivity contribution in [2.24, 2.45) is 0 Å². The fourth-order valence-electron chi connectivity index (χ4n) is 0.950. The molecule has 14 heavy (non-hydrogen) atoms. The van der Waals surface area contributed by atoms with Crippen LogP contribution in [0.3, 0.4) is 0 Å². The van der Waals surface area contributed by atoms with Crippen molar-refractivity contribution in [3.63, 3.8) is 0 Å². The molecule has 0 saturated carbocycles. The number of unbranched alkanes of at least 4 members (excludes halogenated alkanes) is 3. The maximum absolute atomic E-state index is 9.72. The van der Waals surface area contributed by atoms with Gasteiger partial charge in [-0.1, -0.05) is 31.2 Å². The molecular weight excluding hydrogens is 190 g/mol. The van der Waals surface area contributed by atoms with Crippen molar-refractivity contribution in [3.05, 3.63) is 0 Å². The maximum atomic E-state index is 9.72. The summed E-state index contributed by atoms with van der Waals surface area (Å²) in [5.41, 5.74) is 3.59. The van der Waals surface area contributed by atoms with Gasteiger partial charge in [0.2, 0.25) is 6.23 Å². The van der Waals surface area contributed by atoms with Crippen LogP contribution < -0.4 is 10.8 Å². The number of rotatable bonds is 8. The van der Waals surface area contributed by atoms with Crippen LogP contribution in [0.4, 0.5) is 4.79 Å². The summed E-state index contributed by atoms with van der Waals surface area (Å²) in [6, 6.07) is 0. The van der Waals surface area contributed by atoms with Gasteiger partial charge >= 0.3 is 0 Å². The third-order valence-electron chi connectivity index (χ3n) is 1.66. The highest BCUT2D eigenvalue weighted by atomic mass is 17.5. The normalized spacial score (nSPS) is 12.4. The summed E-state index contributed by atoms with van der Waals surface area (Å²) in [6.45, 7) is 2.12. The predicted molar refractivity (Wildman–Crippen MR) is 44.1 cm³/mol. The first kappa shape index (κ1) is 13.2. The SMILES string of the molecule is CCCCCCC([NH3+])OOOC(=O)[O-]. The molecule has 0 heterocycles. The number of quaternary nitrogens is 1. The van der Waals surface area contributed by atoms with E-state index < -0.39 is 12.4 Å². The third-order valence-corrected chi connectivity index (χ3v) is 1.66. The van der Waals surface area contributed by atoms with Crippen LogP contribution in [0.2, 0.25) is 0 Å². The van der Waals surface area contributed by atoms with Crippen LogP contribution in [0.25, 0.3) is 0 Å². The van der Waals surface area contributed by atoms with E-state index in [0.717, 1.165) is 19.3 Å². The third kappa shape index (κ3) is 9.24. The minimum atomic E-state index is -1.79. The van der Waals surface area contributed by atoms with Crippen molar-refractivity contribution in [2.75, 3.05) is 0 Å². The van der Waals surface area contributed by atoms with Crippen LogP contribution in [-0.4, -0.2) is 12.4 Å². The van der Waals surface area contributed by atoms with Crippen LogP contribution in [0.15, 0.2) is 0 Å². The van der Waals surface area contributed by atoms with E-state index in [0.29, 0.717) is 6.42 Å². The average molecular weight is 207 g/mol. The zero-order valence-corrected chi connectivity index (χ0v) is 8.36. The molecule has 6 nitrogen and oxygen atoms in total. The van der Waals surface area contributed by atoms with E-state index in [1.165, 1.54) is 6.42 Å². The highest BCUT2D eigenvalue weighted by Gasteiger charge is 2.06. The molecule has 0 aromatic carbocycles. The molecule has 0 saturated heterocycles. The van der Waals surface area contributed by atoms with Gasteiger partial charge in [-0.2, -0.15) is 4.89 Å². The Bertz CT molecular complexity index is 153. The molecule has 3 N–H and O–H groups in total. The van der Waals surface area contributed by atoms with E-state index in [-0.39, 0.29) is 0 Å². The summed E-state index contributed by atoms with van der Waals surface area (Å²) in [4.78, 5) is 17.8. The van der Waals surface area contributed by atoms with Crippen LogP contribution in [0.1, 0.15) is 39.0 Å². The molecule has 6 heteroatoms. The Balaban J connectivity index is 3.19. The Morgan fingerprint density at radius 3 is 2.71 bits per heavy atom. The molecule has 0 bridgehead atoms. The summed E-state index contributed by atoms with van der Waals surface area (Å²) in [5, 5.41) is 13.6. The van der Waals surface area contributed by atoms with Gasteiger partial charge in [-0.15, -0.1) is 0 Å². The number of hydrogen-bond donors (Lipinski definition) is 1. The topological polar surface area (TPSA) is 95.5 Å². The first-order valence-electron chi connectivity index (χ1n) is 4.71. The van der Waals surface area contributed by atoms with Crippen molar-refractivity contribution >= 4 is 6.16 Å². The highest BCUT2D eigenvalue weighted by molar-refractivity contribution is 5.52.